The van der Waals surface area contributed by atoms with E-state index in [9.17, 15) is 9.59 Å². The van der Waals surface area contributed by atoms with Gasteiger partial charge in [-0.05, 0) is 30.7 Å². The van der Waals surface area contributed by atoms with Gasteiger partial charge in [-0.1, -0.05) is 53.5 Å². The van der Waals surface area contributed by atoms with Crippen LogP contribution in [0.1, 0.15) is 28.9 Å². The van der Waals surface area contributed by atoms with Crippen LogP contribution >= 0.6 is 23.2 Å². The van der Waals surface area contributed by atoms with E-state index in [1.165, 1.54) is 0 Å². The largest absolute Gasteiger partial charge is 0.377 e. The Balaban J connectivity index is 2.26. The molecule has 5 nitrogen and oxygen atoms in total. The summed E-state index contributed by atoms with van der Waals surface area (Å²) in [5.41, 5.74) is 2.62. The number of benzene rings is 2. The van der Waals surface area contributed by atoms with Crippen LogP contribution in [0.15, 0.2) is 48.5 Å². The zero-order valence-corrected chi connectivity index (χ0v) is 16.3. The minimum Gasteiger partial charge on any atom is -0.377 e. The molecule has 2 aromatic carbocycles. The normalized spacial score (nSPS) is 11.8. The molecule has 7 heteroatoms. The Bertz CT molecular complexity index is 780. The summed E-state index contributed by atoms with van der Waals surface area (Å²) in [6.07, 6.45) is 0. The highest BCUT2D eigenvalue weighted by Gasteiger charge is 2.18. The van der Waals surface area contributed by atoms with Gasteiger partial charge in [0.05, 0.1) is 11.6 Å². The van der Waals surface area contributed by atoms with E-state index in [0.29, 0.717) is 11.3 Å². The summed E-state index contributed by atoms with van der Waals surface area (Å²) in [6, 6.07) is 14.6. The van der Waals surface area contributed by atoms with E-state index in [0.717, 1.165) is 11.3 Å². The molecule has 26 heavy (non-hydrogen) atoms. The van der Waals surface area contributed by atoms with Gasteiger partial charge in [0.15, 0.2) is 4.84 Å². The van der Waals surface area contributed by atoms with Crippen LogP contribution in [0.4, 0.5) is 11.4 Å². The van der Waals surface area contributed by atoms with Gasteiger partial charge in [-0.3, -0.25) is 9.59 Å². The van der Waals surface area contributed by atoms with Gasteiger partial charge in [-0.2, -0.15) is 0 Å². The smallest absolute Gasteiger partial charge is 0.257 e. The molecule has 0 aromatic heterocycles. The van der Waals surface area contributed by atoms with Crippen LogP contribution in [-0.2, 0) is 4.79 Å². The molecule has 0 radical (unpaired) electrons. The molecule has 0 fully saturated rings. The molecule has 0 spiro atoms. The molecule has 2 amide bonds. The van der Waals surface area contributed by atoms with Gasteiger partial charge >= 0.3 is 0 Å². The first-order valence-corrected chi connectivity index (χ1v) is 8.93. The Labute approximate surface area is 163 Å². The molecule has 2 aromatic rings. The molecule has 1 atom stereocenters. The monoisotopic (exact) mass is 393 g/mol. The number of anilines is 2. The maximum atomic E-state index is 12.8. The fraction of sp³-hybridized carbons (Fsp3) is 0.263. The third-order valence-corrected chi connectivity index (χ3v) is 4.23. The second-order valence-electron chi connectivity index (χ2n) is 6.02. The lowest BCUT2D eigenvalue weighted by Gasteiger charge is -2.20. The quantitative estimate of drug-likeness (QED) is 0.729. The number of nitrogens with one attached hydrogen (secondary N) is 2. The number of nitrogens with zero attached hydrogens (tertiary/aromatic N) is 1. The molecule has 0 aliphatic heterocycles. The molecular formula is C19H21Cl2N3O2. The van der Waals surface area contributed by atoms with Crippen molar-refractivity contribution in [3.8, 4) is 0 Å². The second kappa shape index (κ2) is 8.92. The lowest BCUT2D eigenvalue weighted by atomic mass is 10.1. The van der Waals surface area contributed by atoms with Crippen molar-refractivity contribution in [1.29, 1.82) is 0 Å². The van der Waals surface area contributed by atoms with Crippen molar-refractivity contribution < 1.29 is 9.59 Å². The van der Waals surface area contributed by atoms with Crippen molar-refractivity contribution in [2.45, 2.75) is 17.8 Å². The molecular weight excluding hydrogens is 373 g/mol. The summed E-state index contributed by atoms with van der Waals surface area (Å²) in [6.45, 7) is 1.92. The summed E-state index contributed by atoms with van der Waals surface area (Å²) in [5, 5.41) is 5.57. The number of hydrogen-bond donors (Lipinski definition) is 2. The molecule has 0 bridgehead atoms. The molecule has 0 aliphatic carbocycles. The molecule has 0 heterocycles. The zero-order chi connectivity index (χ0) is 19.3. The van der Waals surface area contributed by atoms with Crippen LogP contribution in [0.25, 0.3) is 0 Å². The minimum atomic E-state index is -1.18. The predicted octanol–water partition coefficient (Wildman–Crippen LogP) is 3.99. The number of hydrogen-bond acceptors (Lipinski definition) is 3. The third kappa shape index (κ3) is 5.13. The summed E-state index contributed by atoms with van der Waals surface area (Å²) < 4.78 is 0. The molecule has 138 valence electrons. The Morgan fingerprint density at radius 3 is 2.27 bits per heavy atom. The second-order valence-corrected chi connectivity index (χ2v) is 7.12. The standard InChI is InChI=1S/C19H21Cl2N3O2/c1-12(13-7-5-4-6-8-13)22-18(25)15-11-14(23-19(26)17(20)21)9-10-16(15)24(2)3/h4-12,17H,1-3H3,(H,22,25)(H,23,26). The van der Waals surface area contributed by atoms with E-state index in [1.807, 2.05) is 56.3 Å². The van der Waals surface area contributed by atoms with Crippen LogP contribution in [0.5, 0.6) is 0 Å². The molecule has 1 unspecified atom stereocenters. The van der Waals surface area contributed by atoms with Crippen LogP contribution in [0.2, 0.25) is 0 Å². The molecule has 0 saturated carbocycles. The van der Waals surface area contributed by atoms with Crippen molar-refractivity contribution in [2.75, 3.05) is 24.3 Å². The predicted molar refractivity (Wildman–Crippen MR) is 107 cm³/mol. The van der Waals surface area contributed by atoms with Crippen LogP contribution in [0.3, 0.4) is 0 Å². The van der Waals surface area contributed by atoms with Crippen LogP contribution in [0, 0.1) is 0 Å². The third-order valence-electron chi connectivity index (χ3n) is 3.84. The lowest BCUT2D eigenvalue weighted by molar-refractivity contribution is -0.114. The van der Waals surface area contributed by atoms with Crippen molar-refractivity contribution in [3.63, 3.8) is 0 Å². The first kappa shape index (κ1) is 20.1. The lowest BCUT2D eigenvalue weighted by Crippen LogP contribution is -2.28. The highest BCUT2D eigenvalue weighted by Crippen LogP contribution is 2.24. The summed E-state index contributed by atoms with van der Waals surface area (Å²) in [5.74, 6) is -0.788. The maximum Gasteiger partial charge on any atom is 0.257 e. The summed E-state index contributed by atoms with van der Waals surface area (Å²) >= 11 is 11.1. The van der Waals surface area contributed by atoms with E-state index in [4.69, 9.17) is 23.2 Å². The van der Waals surface area contributed by atoms with E-state index in [2.05, 4.69) is 10.6 Å². The van der Waals surface area contributed by atoms with Gasteiger partial charge < -0.3 is 15.5 Å². The molecule has 0 saturated heterocycles. The van der Waals surface area contributed by atoms with Gasteiger partial charge in [0.25, 0.3) is 11.8 Å². The van der Waals surface area contributed by atoms with Crippen molar-refractivity contribution in [2.24, 2.45) is 0 Å². The maximum absolute atomic E-state index is 12.8. The number of carbonyl (C=O) groups is 2. The Hall–Kier alpha value is -2.24. The van der Waals surface area contributed by atoms with Gasteiger partial charge in [0, 0.05) is 25.5 Å². The van der Waals surface area contributed by atoms with E-state index < -0.39 is 10.7 Å². The zero-order valence-electron chi connectivity index (χ0n) is 14.8. The average molecular weight is 394 g/mol. The highest BCUT2D eigenvalue weighted by atomic mass is 35.5. The first-order valence-electron chi connectivity index (χ1n) is 8.05. The fourth-order valence-electron chi connectivity index (χ4n) is 2.48. The minimum absolute atomic E-state index is 0.160. The SMILES string of the molecule is CC(NC(=O)c1cc(NC(=O)C(Cl)Cl)ccc1N(C)C)c1ccccc1. The van der Waals surface area contributed by atoms with Crippen molar-refractivity contribution in [1.82, 2.24) is 5.32 Å². The van der Waals surface area contributed by atoms with Gasteiger partial charge in [-0.25, -0.2) is 0 Å². The summed E-state index contributed by atoms with van der Waals surface area (Å²) in [7, 11) is 3.69. The topological polar surface area (TPSA) is 61.4 Å². The fourth-order valence-corrected chi connectivity index (χ4v) is 2.59. The van der Waals surface area contributed by atoms with Crippen molar-refractivity contribution in [3.05, 3.63) is 59.7 Å². The Morgan fingerprint density at radius 1 is 1.04 bits per heavy atom. The molecule has 2 rings (SSSR count). The summed E-state index contributed by atoms with van der Waals surface area (Å²) in [4.78, 5) is 25.2. The van der Waals surface area contributed by atoms with Gasteiger partial charge in [0.1, 0.15) is 0 Å². The van der Waals surface area contributed by atoms with Crippen LogP contribution in [-0.4, -0.2) is 30.7 Å². The Morgan fingerprint density at radius 2 is 1.69 bits per heavy atom. The highest BCUT2D eigenvalue weighted by molar-refractivity contribution is 6.54. The van der Waals surface area contributed by atoms with Gasteiger partial charge in [0.2, 0.25) is 0 Å². The molecule has 0 aliphatic rings. The first-order chi connectivity index (χ1) is 12.3. The van der Waals surface area contributed by atoms with E-state index in [1.54, 1.807) is 18.2 Å². The van der Waals surface area contributed by atoms with Gasteiger partial charge in [-0.15, -0.1) is 0 Å². The van der Waals surface area contributed by atoms with Crippen LogP contribution < -0.4 is 15.5 Å². The number of alkyl halides is 2. The number of amides is 2. The molecule has 2 N–H and O–H groups in total. The Kier molecular flexibility index (Phi) is 6.89. The van der Waals surface area contributed by atoms with E-state index >= 15 is 0 Å². The average Bonchev–Trinajstić information content (AvgIpc) is 2.61. The number of halogens is 2. The van der Waals surface area contributed by atoms with E-state index in [-0.39, 0.29) is 11.9 Å². The number of rotatable bonds is 6. The van der Waals surface area contributed by atoms with Crippen molar-refractivity contribution >= 4 is 46.4 Å². The number of carbonyl (C=O) groups excluding carboxylic acids is 2.